The normalized spacial score (nSPS) is 12.4. The second-order valence-electron chi connectivity index (χ2n) is 4.01. The lowest BCUT2D eigenvalue weighted by atomic mass is 10.1. The summed E-state index contributed by atoms with van der Waals surface area (Å²) in [5.41, 5.74) is 0.923. The minimum atomic E-state index is -0.325. The van der Waals surface area contributed by atoms with Gasteiger partial charge in [-0.25, -0.2) is 4.39 Å². The molecule has 18 heavy (non-hydrogen) atoms. The second kappa shape index (κ2) is 8.06. The van der Waals surface area contributed by atoms with Crippen molar-refractivity contribution in [2.24, 2.45) is 0 Å². The summed E-state index contributed by atoms with van der Waals surface area (Å²) < 4.78 is 24.2. The highest BCUT2D eigenvalue weighted by atomic mass is 19.1. The highest BCUT2D eigenvalue weighted by Crippen LogP contribution is 2.21. The molecule has 3 nitrogen and oxygen atoms in total. The number of ether oxygens (including phenoxy) is 2. The van der Waals surface area contributed by atoms with Gasteiger partial charge in [-0.1, -0.05) is 13.0 Å². The molecule has 0 saturated carbocycles. The van der Waals surface area contributed by atoms with Gasteiger partial charge < -0.3 is 14.8 Å². The summed E-state index contributed by atoms with van der Waals surface area (Å²) in [5, 5.41) is 3.24. The number of hydrogen-bond acceptors (Lipinski definition) is 3. The van der Waals surface area contributed by atoms with E-state index in [1.165, 1.54) is 6.07 Å². The Hall–Kier alpha value is -1.13. The van der Waals surface area contributed by atoms with E-state index in [2.05, 4.69) is 5.32 Å². The van der Waals surface area contributed by atoms with E-state index >= 15 is 0 Å². The van der Waals surface area contributed by atoms with Gasteiger partial charge in [0, 0.05) is 12.6 Å². The lowest BCUT2D eigenvalue weighted by molar-refractivity contribution is 0.108. The van der Waals surface area contributed by atoms with E-state index in [0.29, 0.717) is 19.8 Å². The monoisotopic (exact) mass is 255 g/mol. The Morgan fingerprint density at radius 1 is 1.28 bits per heavy atom. The molecule has 1 N–H and O–H groups in total. The Morgan fingerprint density at radius 2 is 2.06 bits per heavy atom. The molecular formula is C14H22FNO2. The predicted molar refractivity (Wildman–Crippen MR) is 70.5 cm³/mol. The van der Waals surface area contributed by atoms with Crippen molar-refractivity contribution < 1.29 is 13.9 Å². The van der Waals surface area contributed by atoms with Gasteiger partial charge >= 0.3 is 0 Å². The molecule has 1 unspecified atom stereocenters. The van der Waals surface area contributed by atoms with Crippen LogP contribution in [0, 0.1) is 5.82 Å². The molecule has 0 heterocycles. The van der Waals surface area contributed by atoms with Crippen molar-refractivity contribution in [3.63, 3.8) is 0 Å². The highest BCUT2D eigenvalue weighted by molar-refractivity contribution is 5.30. The van der Waals surface area contributed by atoms with Gasteiger partial charge in [-0.15, -0.1) is 0 Å². The van der Waals surface area contributed by atoms with Crippen LogP contribution in [0.5, 0.6) is 5.75 Å². The predicted octanol–water partition coefficient (Wildman–Crippen LogP) is 2.91. The molecule has 0 aromatic heterocycles. The van der Waals surface area contributed by atoms with E-state index in [4.69, 9.17) is 9.47 Å². The number of halogens is 1. The summed E-state index contributed by atoms with van der Waals surface area (Å²) in [5.74, 6) is -0.0455. The first-order chi connectivity index (χ1) is 8.69. The van der Waals surface area contributed by atoms with Crippen LogP contribution in [0.15, 0.2) is 18.2 Å². The fourth-order valence-corrected chi connectivity index (χ4v) is 1.68. The van der Waals surface area contributed by atoms with E-state index < -0.39 is 0 Å². The summed E-state index contributed by atoms with van der Waals surface area (Å²) in [6.45, 7) is 8.29. The molecule has 102 valence electrons. The van der Waals surface area contributed by atoms with Gasteiger partial charge in [-0.2, -0.15) is 0 Å². The van der Waals surface area contributed by atoms with Crippen LogP contribution in [0.1, 0.15) is 32.4 Å². The molecule has 4 heteroatoms. The molecule has 1 atom stereocenters. The van der Waals surface area contributed by atoms with Crippen molar-refractivity contribution in [2.75, 3.05) is 26.4 Å². The Labute approximate surface area is 108 Å². The third kappa shape index (κ3) is 4.63. The van der Waals surface area contributed by atoms with Crippen molar-refractivity contribution >= 4 is 0 Å². The van der Waals surface area contributed by atoms with E-state index in [-0.39, 0.29) is 17.6 Å². The number of benzene rings is 1. The van der Waals surface area contributed by atoms with Gasteiger partial charge in [0.05, 0.1) is 6.61 Å². The largest absolute Gasteiger partial charge is 0.488 e. The Balaban J connectivity index is 2.56. The van der Waals surface area contributed by atoms with Crippen molar-refractivity contribution in [3.8, 4) is 5.75 Å². The minimum Gasteiger partial charge on any atom is -0.488 e. The quantitative estimate of drug-likeness (QED) is 0.724. The molecule has 1 rings (SSSR count). The summed E-state index contributed by atoms with van der Waals surface area (Å²) in [4.78, 5) is 0. The van der Waals surface area contributed by atoms with Crippen molar-refractivity contribution in [2.45, 2.75) is 26.8 Å². The maximum atomic E-state index is 13.8. The Morgan fingerprint density at radius 3 is 2.67 bits per heavy atom. The van der Waals surface area contributed by atoms with E-state index in [1.807, 2.05) is 26.8 Å². The third-order valence-corrected chi connectivity index (χ3v) is 2.66. The summed E-state index contributed by atoms with van der Waals surface area (Å²) in [6.07, 6.45) is 0. The second-order valence-corrected chi connectivity index (χ2v) is 4.01. The van der Waals surface area contributed by atoms with Crippen LogP contribution in [0.3, 0.4) is 0 Å². The zero-order chi connectivity index (χ0) is 13.4. The molecule has 0 bridgehead atoms. The molecule has 0 spiro atoms. The maximum absolute atomic E-state index is 13.8. The SMILES string of the molecule is CCNC(C)c1ccc(OCCOCC)c(F)c1. The number of rotatable bonds is 8. The lowest BCUT2D eigenvalue weighted by Gasteiger charge is -2.14. The van der Waals surface area contributed by atoms with Gasteiger partial charge in [-0.05, 0) is 38.1 Å². The zero-order valence-electron chi connectivity index (χ0n) is 11.3. The first-order valence-electron chi connectivity index (χ1n) is 6.42. The van der Waals surface area contributed by atoms with Gasteiger partial charge in [0.25, 0.3) is 0 Å². The van der Waals surface area contributed by atoms with E-state index in [1.54, 1.807) is 6.07 Å². The summed E-state index contributed by atoms with van der Waals surface area (Å²) in [7, 11) is 0. The maximum Gasteiger partial charge on any atom is 0.165 e. The molecule has 0 radical (unpaired) electrons. The number of nitrogens with one attached hydrogen (secondary N) is 1. The number of hydrogen-bond donors (Lipinski definition) is 1. The van der Waals surface area contributed by atoms with Gasteiger partial charge in [-0.3, -0.25) is 0 Å². The first-order valence-corrected chi connectivity index (χ1v) is 6.42. The Kier molecular flexibility index (Phi) is 6.68. The molecule has 1 aromatic carbocycles. The summed E-state index contributed by atoms with van der Waals surface area (Å²) in [6, 6.07) is 5.21. The Bertz CT molecular complexity index is 358. The zero-order valence-corrected chi connectivity index (χ0v) is 11.3. The average Bonchev–Trinajstić information content (AvgIpc) is 2.36. The van der Waals surface area contributed by atoms with Gasteiger partial charge in [0.1, 0.15) is 6.61 Å². The molecule has 0 fully saturated rings. The molecule has 0 aliphatic rings. The van der Waals surface area contributed by atoms with Gasteiger partial charge in [0.2, 0.25) is 0 Å². The van der Waals surface area contributed by atoms with Crippen LogP contribution in [0.25, 0.3) is 0 Å². The van der Waals surface area contributed by atoms with Crippen LogP contribution >= 0.6 is 0 Å². The molecule has 0 saturated heterocycles. The highest BCUT2D eigenvalue weighted by Gasteiger charge is 2.09. The smallest absolute Gasteiger partial charge is 0.165 e. The lowest BCUT2D eigenvalue weighted by Crippen LogP contribution is -2.17. The molecular weight excluding hydrogens is 233 g/mol. The van der Waals surface area contributed by atoms with Crippen LogP contribution in [0.4, 0.5) is 4.39 Å². The van der Waals surface area contributed by atoms with Crippen LogP contribution in [-0.4, -0.2) is 26.4 Å². The van der Waals surface area contributed by atoms with E-state index in [0.717, 1.165) is 12.1 Å². The van der Waals surface area contributed by atoms with E-state index in [9.17, 15) is 4.39 Å². The van der Waals surface area contributed by atoms with Crippen LogP contribution in [0.2, 0.25) is 0 Å². The minimum absolute atomic E-state index is 0.141. The topological polar surface area (TPSA) is 30.5 Å². The fourth-order valence-electron chi connectivity index (χ4n) is 1.68. The van der Waals surface area contributed by atoms with Crippen molar-refractivity contribution in [1.29, 1.82) is 0 Å². The average molecular weight is 255 g/mol. The van der Waals surface area contributed by atoms with Crippen LogP contribution in [-0.2, 0) is 4.74 Å². The molecule has 0 aliphatic heterocycles. The first kappa shape index (κ1) is 14.9. The molecule has 1 aromatic rings. The summed E-state index contributed by atoms with van der Waals surface area (Å²) >= 11 is 0. The van der Waals surface area contributed by atoms with Crippen LogP contribution < -0.4 is 10.1 Å². The molecule has 0 aliphatic carbocycles. The van der Waals surface area contributed by atoms with Gasteiger partial charge in [0.15, 0.2) is 11.6 Å². The fraction of sp³-hybridized carbons (Fsp3) is 0.571. The standard InChI is InChI=1S/C14H22FNO2/c1-4-16-11(3)12-6-7-14(13(15)10-12)18-9-8-17-5-2/h6-7,10-11,16H,4-5,8-9H2,1-3H3. The van der Waals surface area contributed by atoms with Crippen molar-refractivity contribution in [3.05, 3.63) is 29.6 Å². The van der Waals surface area contributed by atoms with Crippen molar-refractivity contribution in [1.82, 2.24) is 5.32 Å². The third-order valence-electron chi connectivity index (χ3n) is 2.66. The molecule has 0 amide bonds.